The Morgan fingerprint density at radius 2 is 1.96 bits per heavy atom. The van der Waals surface area contributed by atoms with Gasteiger partial charge in [-0.05, 0) is 25.0 Å². The molecule has 1 aliphatic carbocycles. The molecule has 25 heavy (non-hydrogen) atoms. The van der Waals surface area contributed by atoms with Crippen molar-refractivity contribution in [2.24, 2.45) is 0 Å². The van der Waals surface area contributed by atoms with E-state index < -0.39 is 4.92 Å². The zero-order valence-corrected chi connectivity index (χ0v) is 13.8. The maximum atomic E-state index is 12.3. The van der Waals surface area contributed by atoms with Crippen LogP contribution >= 0.6 is 0 Å². The number of aromatic amines is 1. The van der Waals surface area contributed by atoms with E-state index in [4.69, 9.17) is 0 Å². The van der Waals surface area contributed by atoms with E-state index in [0.717, 1.165) is 22.3 Å². The quantitative estimate of drug-likeness (QED) is 0.449. The highest BCUT2D eigenvalue weighted by Crippen LogP contribution is 2.42. The number of hydrogen-bond acceptors (Lipinski definition) is 4. The largest absolute Gasteiger partial charge is 0.272 e. The first-order valence-corrected chi connectivity index (χ1v) is 7.93. The SMILES string of the molecule is Cc1ccc2c(c1)Cc1c-2c(-c2cccc([N+](=O)[O-])c2C)n[nH]c1=O. The van der Waals surface area contributed by atoms with E-state index in [0.29, 0.717) is 28.8 Å². The minimum atomic E-state index is -0.401. The highest BCUT2D eigenvalue weighted by atomic mass is 16.6. The third kappa shape index (κ3) is 2.26. The number of nitro groups is 1. The first-order valence-electron chi connectivity index (χ1n) is 7.93. The van der Waals surface area contributed by atoms with Crippen LogP contribution < -0.4 is 5.56 Å². The van der Waals surface area contributed by atoms with Crippen molar-refractivity contribution in [1.82, 2.24) is 10.2 Å². The molecule has 0 saturated carbocycles. The summed E-state index contributed by atoms with van der Waals surface area (Å²) >= 11 is 0. The fraction of sp³-hybridized carbons (Fsp3) is 0.158. The first-order chi connectivity index (χ1) is 12.0. The summed E-state index contributed by atoms with van der Waals surface area (Å²) in [6.45, 7) is 3.72. The predicted octanol–water partition coefficient (Wildman–Crippen LogP) is 3.53. The number of benzene rings is 2. The topological polar surface area (TPSA) is 88.9 Å². The molecule has 0 fully saturated rings. The van der Waals surface area contributed by atoms with Gasteiger partial charge in [-0.1, -0.05) is 35.9 Å². The van der Waals surface area contributed by atoms with E-state index in [1.54, 1.807) is 19.1 Å². The Kier molecular flexibility index (Phi) is 3.28. The summed E-state index contributed by atoms with van der Waals surface area (Å²) in [6, 6.07) is 11.0. The number of hydrogen-bond donors (Lipinski definition) is 1. The zero-order chi connectivity index (χ0) is 17.7. The Morgan fingerprint density at radius 1 is 1.16 bits per heavy atom. The molecular formula is C19H15N3O3. The van der Waals surface area contributed by atoms with Gasteiger partial charge in [-0.2, -0.15) is 5.10 Å². The standard InChI is InChI=1S/C19H15N3O3/c1-10-6-7-14-12(8-10)9-15-17(14)18(20-21-19(15)23)13-4-3-5-16(11(13)2)22(24)25/h3-8H,9H2,1-2H3,(H,21,23). The number of nitro benzene ring substituents is 1. The minimum Gasteiger partial charge on any atom is -0.268 e. The molecule has 1 heterocycles. The van der Waals surface area contributed by atoms with Gasteiger partial charge in [-0.3, -0.25) is 14.9 Å². The van der Waals surface area contributed by atoms with E-state index in [-0.39, 0.29) is 11.2 Å². The van der Waals surface area contributed by atoms with Gasteiger partial charge in [0.1, 0.15) is 0 Å². The van der Waals surface area contributed by atoms with Crippen LogP contribution in [0, 0.1) is 24.0 Å². The van der Waals surface area contributed by atoms with Crippen molar-refractivity contribution < 1.29 is 4.92 Å². The Labute approximate surface area is 143 Å². The van der Waals surface area contributed by atoms with Crippen molar-refractivity contribution in [2.75, 3.05) is 0 Å². The second-order valence-corrected chi connectivity index (χ2v) is 6.30. The maximum Gasteiger partial charge on any atom is 0.272 e. The first kappa shape index (κ1) is 15.3. The number of H-pyrrole nitrogens is 1. The van der Waals surface area contributed by atoms with E-state index in [1.165, 1.54) is 6.07 Å². The van der Waals surface area contributed by atoms with Gasteiger partial charge >= 0.3 is 0 Å². The normalized spacial score (nSPS) is 11.9. The highest BCUT2D eigenvalue weighted by molar-refractivity contribution is 5.89. The fourth-order valence-corrected chi connectivity index (χ4v) is 3.52. The summed E-state index contributed by atoms with van der Waals surface area (Å²) < 4.78 is 0. The van der Waals surface area contributed by atoms with Crippen LogP contribution in [0.3, 0.4) is 0 Å². The molecule has 6 heteroatoms. The number of aryl methyl sites for hydroxylation is 1. The molecule has 3 aromatic rings. The molecule has 0 aliphatic heterocycles. The summed E-state index contributed by atoms with van der Waals surface area (Å²) in [5.41, 5.74) is 6.24. The molecule has 1 aliphatic rings. The Morgan fingerprint density at radius 3 is 2.72 bits per heavy atom. The van der Waals surface area contributed by atoms with Crippen LogP contribution in [0.5, 0.6) is 0 Å². The third-order valence-corrected chi connectivity index (χ3v) is 4.74. The van der Waals surface area contributed by atoms with Crippen molar-refractivity contribution >= 4 is 5.69 Å². The van der Waals surface area contributed by atoms with Gasteiger partial charge in [0.25, 0.3) is 11.2 Å². The second kappa shape index (κ2) is 5.37. The Bertz CT molecular complexity index is 1100. The molecule has 2 aromatic carbocycles. The number of fused-ring (bicyclic) bond motifs is 3. The molecule has 0 amide bonds. The molecule has 6 nitrogen and oxygen atoms in total. The lowest BCUT2D eigenvalue weighted by atomic mass is 9.96. The van der Waals surface area contributed by atoms with E-state index in [1.807, 2.05) is 19.1 Å². The van der Waals surface area contributed by atoms with Crippen LogP contribution in [0.15, 0.2) is 41.2 Å². The lowest BCUT2D eigenvalue weighted by Gasteiger charge is -2.11. The van der Waals surface area contributed by atoms with Crippen LogP contribution in [-0.4, -0.2) is 15.1 Å². The number of aromatic nitrogens is 2. The van der Waals surface area contributed by atoms with Gasteiger partial charge < -0.3 is 0 Å². The monoisotopic (exact) mass is 333 g/mol. The molecule has 4 rings (SSSR count). The molecule has 0 spiro atoms. The highest BCUT2D eigenvalue weighted by Gasteiger charge is 2.27. The molecule has 0 saturated heterocycles. The molecular weight excluding hydrogens is 318 g/mol. The van der Waals surface area contributed by atoms with Crippen molar-refractivity contribution in [3.05, 3.63) is 79.1 Å². The molecule has 124 valence electrons. The molecule has 0 bridgehead atoms. The van der Waals surface area contributed by atoms with Crippen molar-refractivity contribution in [2.45, 2.75) is 20.3 Å². The maximum absolute atomic E-state index is 12.3. The predicted molar refractivity (Wildman–Crippen MR) is 94.7 cm³/mol. The molecule has 1 aromatic heterocycles. The van der Waals surface area contributed by atoms with Crippen LogP contribution in [0.1, 0.15) is 22.3 Å². The van der Waals surface area contributed by atoms with Crippen molar-refractivity contribution in [3.8, 4) is 22.4 Å². The summed E-state index contributed by atoms with van der Waals surface area (Å²) in [5.74, 6) is 0. The summed E-state index contributed by atoms with van der Waals surface area (Å²) in [4.78, 5) is 23.1. The van der Waals surface area contributed by atoms with Crippen LogP contribution in [0.4, 0.5) is 5.69 Å². The average Bonchev–Trinajstić information content (AvgIpc) is 2.95. The summed E-state index contributed by atoms with van der Waals surface area (Å²) in [5, 5.41) is 18.0. The lowest BCUT2D eigenvalue weighted by molar-refractivity contribution is -0.385. The van der Waals surface area contributed by atoms with Gasteiger partial charge in [-0.25, -0.2) is 5.10 Å². The number of rotatable bonds is 2. The molecule has 0 radical (unpaired) electrons. The van der Waals surface area contributed by atoms with Gasteiger partial charge in [0.05, 0.1) is 10.6 Å². The van der Waals surface area contributed by atoms with Crippen molar-refractivity contribution in [3.63, 3.8) is 0 Å². The Balaban J connectivity index is 2.03. The van der Waals surface area contributed by atoms with Crippen LogP contribution in [-0.2, 0) is 6.42 Å². The van der Waals surface area contributed by atoms with Crippen LogP contribution in [0.2, 0.25) is 0 Å². The minimum absolute atomic E-state index is 0.0429. The summed E-state index contributed by atoms with van der Waals surface area (Å²) in [7, 11) is 0. The van der Waals surface area contributed by atoms with E-state index in [2.05, 4.69) is 16.3 Å². The fourth-order valence-electron chi connectivity index (χ4n) is 3.52. The van der Waals surface area contributed by atoms with Crippen LogP contribution in [0.25, 0.3) is 22.4 Å². The lowest BCUT2D eigenvalue weighted by Crippen LogP contribution is -2.14. The molecule has 0 unspecified atom stereocenters. The second-order valence-electron chi connectivity index (χ2n) is 6.30. The van der Waals surface area contributed by atoms with Gasteiger partial charge in [0.15, 0.2) is 0 Å². The zero-order valence-electron chi connectivity index (χ0n) is 13.8. The van der Waals surface area contributed by atoms with Gasteiger partial charge in [0.2, 0.25) is 0 Å². The number of nitrogens with zero attached hydrogens (tertiary/aromatic N) is 2. The van der Waals surface area contributed by atoms with Crippen molar-refractivity contribution in [1.29, 1.82) is 0 Å². The van der Waals surface area contributed by atoms with E-state index >= 15 is 0 Å². The Hall–Kier alpha value is -3.28. The van der Waals surface area contributed by atoms with E-state index in [9.17, 15) is 14.9 Å². The number of nitrogens with one attached hydrogen (secondary N) is 1. The third-order valence-electron chi connectivity index (χ3n) is 4.74. The van der Waals surface area contributed by atoms with Gasteiger partial charge in [-0.15, -0.1) is 0 Å². The molecule has 1 N–H and O–H groups in total. The molecule has 0 atom stereocenters. The average molecular weight is 333 g/mol. The van der Waals surface area contributed by atoms with Gasteiger partial charge in [0, 0.05) is 34.7 Å². The summed E-state index contributed by atoms with van der Waals surface area (Å²) in [6.07, 6.45) is 0.547. The smallest absolute Gasteiger partial charge is 0.268 e.